The molecule has 0 aromatic heterocycles. The summed E-state index contributed by atoms with van der Waals surface area (Å²) in [7, 11) is 0. The Bertz CT molecular complexity index is 243. The largest absolute Gasteiger partial charge is 0.466 e. The monoisotopic (exact) mass is 230 g/mol. The maximum Gasteiger partial charge on any atom is 0.308 e. The normalized spacial score (nSPS) is 14.0. The van der Waals surface area contributed by atoms with E-state index >= 15 is 0 Å². The van der Waals surface area contributed by atoms with Crippen LogP contribution in [-0.4, -0.2) is 30.6 Å². The molecule has 0 spiro atoms. The molecule has 5 heteroatoms. The number of amides is 1. The van der Waals surface area contributed by atoms with Crippen molar-refractivity contribution in [2.75, 3.05) is 13.2 Å². The molecule has 1 atom stereocenters. The molecule has 0 radical (unpaired) electrons. The molecule has 0 aromatic rings. The molecule has 0 aliphatic carbocycles. The predicted octanol–water partition coefficient (Wildman–Crippen LogP) is 0.573. The Hall–Kier alpha value is -1.10. The second kappa shape index (κ2) is 7.22. The van der Waals surface area contributed by atoms with Gasteiger partial charge in [0.15, 0.2) is 0 Å². The lowest BCUT2D eigenvalue weighted by Gasteiger charge is -2.29. The van der Waals surface area contributed by atoms with Gasteiger partial charge in [0.2, 0.25) is 5.91 Å². The van der Waals surface area contributed by atoms with Crippen molar-refractivity contribution in [2.24, 2.45) is 5.73 Å². The molecule has 0 fully saturated rings. The Balaban J connectivity index is 4.39. The lowest BCUT2D eigenvalue weighted by atomic mass is 9.91. The van der Waals surface area contributed by atoms with E-state index in [0.29, 0.717) is 19.6 Å². The first-order valence-corrected chi connectivity index (χ1v) is 5.58. The number of rotatable bonds is 7. The van der Waals surface area contributed by atoms with Crippen LogP contribution in [0.1, 0.15) is 40.0 Å². The number of carbonyl (C=O) groups excluding carboxylic acids is 2. The van der Waals surface area contributed by atoms with Crippen LogP contribution in [0.4, 0.5) is 0 Å². The number of ether oxygens (including phenoxy) is 1. The van der Waals surface area contributed by atoms with Crippen molar-refractivity contribution in [1.29, 1.82) is 0 Å². The highest BCUT2D eigenvalue weighted by Gasteiger charge is 2.28. The van der Waals surface area contributed by atoms with E-state index in [2.05, 4.69) is 5.32 Å². The van der Waals surface area contributed by atoms with Gasteiger partial charge in [0.25, 0.3) is 0 Å². The van der Waals surface area contributed by atoms with E-state index in [1.54, 1.807) is 6.92 Å². The minimum Gasteiger partial charge on any atom is -0.466 e. The summed E-state index contributed by atoms with van der Waals surface area (Å²) < 4.78 is 4.88. The highest BCUT2D eigenvalue weighted by molar-refractivity contribution is 5.76. The maximum atomic E-state index is 11.4. The first-order valence-electron chi connectivity index (χ1n) is 5.58. The molecule has 94 valence electrons. The van der Waals surface area contributed by atoms with Crippen LogP contribution in [0.2, 0.25) is 0 Å². The van der Waals surface area contributed by atoms with E-state index < -0.39 is 5.54 Å². The first kappa shape index (κ1) is 14.9. The Kier molecular flexibility index (Phi) is 6.72. The molecule has 0 aliphatic heterocycles. The zero-order valence-electron chi connectivity index (χ0n) is 10.3. The zero-order chi connectivity index (χ0) is 12.6. The summed E-state index contributed by atoms with van der Waals surface area (Å²) in [5, 5.41) is 2.79. The van der Waals surface area contributed by atoms with Gasteiger partial charge in [-0.2, -0.15) is 0 Å². The standard InChI is InChI=1S/C11H22N2O3/c1-4-16-10(15)8-11(3,6-5-7-12)13-9(2)14/h4-8,12H2,1-3H3,(H,13,14). The van der Waals surface area contributed by atoms with Crippen LogP contribution in [0, 0.1) is 0 Å². The lowest BCUT2D eigenvalue weighted by molar-refractivity contribution is -0.145. The number of esters is 1. The van der Waals surface area contributed by atoms with E-state index in [4.69, 9.17) is 10.5 Å². The summed E-state index contributed by atoms with van der Waals surface area (Å²) in [5.74, 6) is -0.445. The third-order valence-electron chi connectivity index (χ3n) is 2.25. The maximum absolute atomic E-state index is 11.4. The molecular weight excluding hydrogens is 208 g/mol. The van der Waals surface area contributed by atoms with Gasteiger partial charge in [0.05, 0.1) is 13.0 Å². The van der Waals surface area contributed by atoms with Crippen molar-refractivity contribution < 1.29 is 14.3 Å². The summed E-state index contributed by atoms with van der Waals surface area (Å²) in [6.45, 7) is 5.92. The van der Waals surface area contributed by atoms with Crippen molar-refractivity contribution in [2.45, 2.75) is 45.6 Å². The molecule has 1 unspecified atom stereocenters. The Labute approximate surface area is 96.7 Å². The number of carbonyl (C=O) groups is 2. The number of hydrogen-bond acceptors (Lipinski definition) is 4. The van der Waals surface area contributed by atoms with E-state index in [1.807, 2.05) is 6.92 Å². The molecule has 0 rings (SSSR count). The summed E-state index contributed by atoms with van der Waals surface area (Å²) in [4.78, 5) is 22.5. The Morgan fingerprint density at radius 3 is 2.50 bits per heavy atom. The second-order valence-electron chi connectivity index (χ2n) is 4.12. The molecule has 0 saturated heterocycles. The highest BCUT2D eigenvalue weighted by atomic mass is 16.5. The van der Waals surface area contributed by atoms with Crippen LogP contribution in [0.5, 0.6) is 0 Å². The van der Waals surface area contributed by atoms with Crippen molar-refractivity contribution in [3.05, 3.63) is 0 Å². The van der Waals surface area contributed by atoms with E-state index in [-0.39, 0.29) is 18.3 Å². The summed E-state index contributed by atoms with van der Waals surface area (Å²) >= 11 is 0. The van der Waals surface area contributed by atoms with E-state index in [1.165, 1.54) is 6.92 Å². The SMILES string of the molecule is CCOC(=O)CC(C)(CCCN)NC(C)=O. The van der Waals surface area contributed by atoms with Crippen molar-refractivity contribution in [3.8, 4) is 0 Å². The van der Waals surface area contributed by atoms with Crippen molar-refractivity contribution in [1.82, 2.24) is 5.32 Å². The number of hydrogen-bond donors (Lipinski definition) is 2. The van der Waals surface area contributed by atoms with Gasteiger partial charge in [-0.25, -0.2) is 0 Å². The van der Waals surface area contributed by atoms with Crippen LogP contribution >= 0.6 is 0 Å². The van der Waals surface area contributed by atoms with E-state index in [0.717, 1.165) is 6.42 Å². The average molecular weight is 230 g/mol. The molecule has 0 aromatic carbocycles. The van der Waals surface area contributed by atoms with Crippen LogP contribution in [0.3, 0.4) is 0 Å². The van der Waals surface area contributed by atoms with Gasteiger partial charge in [-0.05, 0) is 33.2 Å². The minimum absolute atomic E-state index is 0.149. The van der Waals surface area contributed by atoms with E-state index in [9.17, 15) is 9.59 Å². The highest BCUT2D eigenvalue weighted by Crippen LogP contribution is 2.17. The summed E-state index contributed by atoms with van der Waals surface area (Å²) in [5.41, 5.74) is 4.87. The molecule has 5 nitrogen and oxygen atoms in total. The van der Waals surface area contributed by atoms with Crippen molar-refractivity contribution >= 4 is 11.9 Å². The van der Waals surface area contributed by atoms with Gasteiger partial charge in [0, 0.05) is 12.5 Å². The smallest absolute Gasteiger partial charge is 0.308 e. The van der Waals surface area contributed by atoms with Crippen LogP contribution in [-0.2, 0) is 14.3 Å². The topological polar surface area (TPSA) is 81.4 Å². The fourth-order valence-electron chi connectivity index (χ4n) is 1.64. The Morgan fingerprint density at radius 1 is 1.44 bits per heavy atom. The molecular formula is C11H22N2O3. The van der Waals surface area contributed by atoms with Crippen LogP contribution < -0.4 is 11.1 Å². The minimum atomic E-state index is -0.558. The number of nitrogens with one attached hydrogen (secondary N) is 1. The fourth-order valence-corrected chi connectivity index (χ4v) is 1.64. The predicted molar refractivity (Wildman–Crippen MR) is 61.8 cm³/mol. The molecule has 0 heterocycles. The van der Waals surface area contributed by atoms with Gasteiger partial charge in [-0.1, -0.05) is 0 Å². The Morgan fingerprint density at radius 2 is 2.06 bits per heavy atom. The quantitative estimate of drug-likeness (QED) is 0.627. The molecule has 3 N–H and O–H groups in total. The van der Waals surface area contributed by atoms with Gasteiger partial charge in [-0.15, -0.1) is 0 Å². The molecule has 0 aliphatic rings. The third-order valence-corrected chi connectivity index (χ3v) is 2.25. The van der Waals surface area contributed by atoms with Crippen LogP contribution in [0.25, 0.3) is 0 Å². The van der Waals surface area contributed by atoms with Gasteiger partial charge in [0.1, 0.15) is 0 Å². The molecule has 0 bridgehead atoms. The van der Waals surface area contributed by atoms with Gasteiger partial charge >= 0.3 is 5.97 Å². The van der Waals surface area contributed by atoms with Crippen molar-refractivity contribution in [3.63, 3.8) is 0 Å². The lowest BCUT2D eigenvalue weighted by Crippen LogP contribution is -2.47. The summed E-state index contributed by atoms with van der Waals surface area (Å²) in [6.07, 6.45) is 1.61. The number of nitrogens with two attached hydrogens (primary N) is 1. The molecule has 1 amide bonds. The third kappa shape index (κ3) is 6.40. The molecule has 0 saturated carbocycles. The molecule has 16 heavy (non-hydrogen) atoms. The zero-order valence-corrected chi connectivity index (χ0v) is 10.3. The average Bonchev–Trinajstić information content (AvgIpc) is 2.13. The van der Waals surface area contributed by atoms with Gasteiger partial charge < -0.3 is 15.8 Å². The first-order chi connectivity index (χ1) is 7.43. The fraction of sp³-hybridized carbons (Fsp3) is 0.818. The second-order valence-corrected chi connectivity index (χ2v) is 4.12. The summed E-state index contributed by atoms with van der Waals surface area (Å²) in [6, 6.07) is 0. The van der Waals surface area contributed by atoms with Gasteiger partial charge in [-0.3, -0.25) is 9.59 Å². The van der Waals surface area contributed by atoms with Crippen LogP contribution in [0.15, 0.2) is 0 Å².